The van der Waals surface area contributed by atoms with E-state index >= 15 is 0 Å². The molecule has 0 aliphatic rings. The Bertz CT molecular complexity index is 427. The van der Waals surface area contributed by atoms with E-state index in [-0.39, 0.29) is 34.4 Å². The number of nitrogens with zero attached hydrogens (tertiary/aromatic N) is 1. The third kappa shape index (κ3) is 2.98. The summed E-state index contributed by atoms with van der Waals surface area (Å²) in [6.07, 6.45) is -1.73. The first-order chi connectivity index (χ1) is 8.02. The van der Waals surface area contributed by atoms with Crippen molar-refractivity contribution in [3.63, 3.8) is 0 Å². The Kier molecular flexibility index (Phi) is 4.95. The summed E-state index contributed by atoms with van der Waals surface area (Å²) in [7, 11) is 0. The predicted octanol–water partition coefficient (Wildman–Crippen LogP) is 2.42. The Morgan fingerprint density at radius 3 is 2.76 bits per heavy atom. The molecule has 0 aromatic carbocycles. The molecule has 0 atom stereocenters. The second-order valence-electron chi connectivity index (χ2n) is 3.08. The molecule has 17 heavy (non-hydrogen) atoms. The van der Waals surface area contributed by atoms with Gasteiger partial charge in [-0.3, -0.25) is 0 Å². The zero-order valence-electron chi connectivity index (χ0n) is 9.04. The minimum absolute atomic E-state index is 0.0350. The second-order valence-corrected chi connectivity index (χ2v) is 3.83. The van der Waals surface area contributed by atoms with Crippen molar-refractivity contribution in [3.05, 3.63) is 27.5 Å². The van der Waals surface area contributed by atoms with E-state index in [4.69, 9.17) is 10.5 Å². The third-order valence-corrected chi connectivity index (χ3v) is 2.69. The fraction of sp³-hybridized carbons (Fsp3) is 0.400. The summed E-state index contributed by atoms with van der Waals surface area (Å²) in [5.74, 6) is -0.713. The van der Waals surface area contributed by atoms with Gasteiger partial charge in [-0.1, -0.05) is 0 Å². The molecule has 0 bridgehead atoms. The number of rotatable bonds is 4. The van der Waals surface area contributed by atoms with Crippen LogP contribution in [0.2, 0.25) is 0 Å². The van der Waals surface area contributed by atoms with Crippen molar-refractivity contribution in [2.45, 2.75) is 19.9 Å². The molecule has 7 heteroatoms. The third-order valence-electron chi connectivity index (χ3n) is 2.09. The molecule has 94 valence electrons. The smallest absolute Gasteiger partial charge is 0.341 e. The second kappa shape index (κ2) is 6.02. The molecule has 0 unspecified atom stereocenters. The van der Waals surface area contributed by atoms with Crippen LogP contribution in [0.3, 0.4) is 0 Å². The number of nitrogens with two attached hydrogens (primary N) is 1. The van der Waals surface area contributed by atoms with Gasteiger partial charge in [-0.15, -0.1) is 0 Å². The van der Waals surface area contributed by atoms with E-state index in [0.717, 1.165) is 6.20 Å². The maximum Gasteiger partial charge on any atom is 0.341 e. The van der Waals surface area contributed by atoms with Crippen molar-refractivity contribution in [2.24, 2.45) is 5.73 Å². The van der Waals surface area contributed by atoms with Crippen LogP contribution in [-0.2, 0) is 11.3 Å². The highest BCUT2D eigenvalue weighted by molar-refractivity contribution is 9.10. The number of aromatic nitrogens is 1. The van der Waals surface area contributed by atoms with E-state index in [1.165, 1.54) is 0 Å². The van der Waals surface area contributed by atoms with Crippen molar-refractivity contribution >= 4 is 21.9 Å². The van der Waals surface area contributed by atoms with E-state index < -0.39 is 12.4 Å². The van der Waals surface area contributed by atoms with Crippen LogP contribution in [0.1, 0.15) is 34.8 Å². The van der Waals surface area contributed by atoms with Gasteiger partial charge in [0.25, 0.3) is 6.43 Å². The van der Waals surface area contributed by atoms with Crippen molar-refractivity contribution in [1.82, 2.24) is 4.98 Å². The lowest BCUT2D eigenvalue weighted by Gasteiger charge is -2.12. The molecule has 0 aliphatic carbocycles. The van der Waals surface area contributed by atoms with Gasteiger partial charge >= 0.3 is 5.97 Å². The average Bonchev–Trinajstić information content (AvgIpc) is 2.28. The molecule has 1 heterocycles. The van der Waals surface area contributed by atoms with Crippen LogP contribution in [-0.4, -0.2) is 17.6 Å². The number of ether oxygens (including phenoxy) is 1. The highest BCUT2D eigenvalue weighted by Gasteiger charge is 2.23. The van der Waals surface area contributed by atoms with Gasteiger partial charge < -0.3 is 10.5 Å². The van der Waals surface area contributed by atoms with Gasteiger partial charge in [0.05, 0.1) is 12.2 Å². The predicted molar refractivity (Wildman–Crippen MR) is 60.7 cm³/mol. The molecule has 0 aliphatic heterocycles. The first-order valence-electron chi connectivity index (χ1n) is 4.85. The lowest BCUT2D eigenvalue weighted by Crippen LogP contribution is -2.15. The van der Waals surface area contributed by atoms with Gasteiger partial charge in [0.15, 0.2) is 0 Å². The molecule has 1 rings (SSSR count). The standard InChI is InChI=1S/C10H11BrF2N2O2/c1-2-17-10(16)7-5(3-14)6(9(12)13)4-15-8(7)11/h4,9H,2-3,14H2,1H3. The highest BCUT2D eigenvalue weighted by Crippen LogP contribution is 2.28. The molecule has 0 radical (unpaired) electrons. The summed E-state index contributed by atoms with van der Waals surface area (Å²) in [4.78, 5) is 15.3. The summed E-state index contributed by atoms with van der Waals surface area (Å²) in [6, 6.07) is 0. The summed E-state index contributed by atoms with van der Waals surface area (Å²) in [6.45, 7) is 1.58. The summed E-state index contributed by atoms with van der Waals surface area (Å²) in [5.41, 5.74) is 5.07. The molecule has 0 fully saturated rings. The SMILES string of the molecule is CCOC(=O)c1c(Br)ncc(C(F)F)c1CN. The van der Waals surface area contributed by atoms with Gasteiger partial charge in [-0.2, -0.15) is 0 Å². The van der Waals surface area contributed by atoms with Crippen LogP contribution in [0.25, 0.3) is 0 Å². The molecule has 1 aromatic rings. The Hall–Kier alpha value is -1.08. The van der Waals surface area contributed by atoms with Crippen molar-refractivity contribution < 1.29 is 18.3 Å². The number of pyridine rings is 1. The molecular formula is C10H11BrF2N2O2. The minimum Gasteiger partial charge on any atom is -0.462 e. The van der Waals surface area contributed by atoms with E-state index in [1.807, 2.05) is 0 Å². The van der Waals surface area contributed by atoms with Crippen molar-refractivity contribution in [3.8, 4) is 0 Å². The maximum atomic E-state index is 12.7. The quantitative estimate of drug-likeness (QED) is 0.685. The maximum absolute atomic E-state index is 12.7. The van der Waals surface area contributed by atoms with Crippen molar-refractivity contribution in [1.29, 1.82) is 0 Å². The van der Waals surface area contributed by atoms with Crippen LogP contribution in [0, 0.1) is 0 Å². The molecule has 1 aromatic heterocycles. The summed E-state index contributed by atoms with van der Waals surface area (Å²) < 4.78 is 30.4. The lowest BCUT2D eigenvalue weighted by molar-refractivity contribution is 0.0522. The Balaban J connectivity index is 3.35. The number of hydrogen-bond donors (Lipinski definition) is 1. The average molecular weight is 309 g/mol. The van der Waals surface area contributed by atoms with Crippen LogP contribution in [0.4, 0.5) is 8.78 Å². The van der Waals surface area contributed by atoms with Crippen LogP contribution in [0.15, 0.2) is 10.8 Å². The van der Waals surface area contributed by atoms with Gasteiger partial charge in [-0.25, -0.2) is 18.6 Å². The highest BCUT2D eigenvalue weighted by atomic mass is 79.9. The van der Waals surface area contributed by atoms with Gasteiger partial charge in [0.2, 0.25) is 0 Å². The number of alkyl halides is 2. The van der Waals surface area contributed by atoms with Crippen molar-refractivity contribution in [2.75, 3.05) is 6.61 Å². The first-order valence-corrected chi connectivity index (χ1v) is 5.64. The fourth-order valence-electron chi connectivity index (χ4n) is 1.36. The molecule has 0 amide bonds. The lowest BCUT2D eigenvalue weighted by atomic mass is 10.0. The van der Waals surface area contributed by atoms with Gasteiger partial charge in [0.1, 0.15) is 4.60 Å². The zero-order valence-corrected chi connectivity index (χ0v) is 10.6. The fourth-order valence-corrected chi connectivity index (χ4v) is 1.86. The van der Waals surface area contributed by atoms with Crippen LogP contribution in [0.5, 0.6) is 0 Å². The van der Waals surface area contributed by atoms with E-state index in [0.29, 0.717) is 0 Å². The first kappa shape index (κ1) is 14.0. The van der Waals surface area contributed by atoms with Crippen LogP contribution < -0.4 is 5.73 Å². The zero-order chi connectivity index (χ0) is 13.0. The largest absolute Gasteiger partial charge is 0.462 e. The number of halogens is 3. The van der Waals surface area contributed by atoms with Gasteiger partial charge in [0, 0.05) is 18.3 Å². The normalized spacial score (nSPS) is 10.7. The van der Waals surface area contributed by atoms with Gasteiger partial charge in [-0.05, 0) is 28.4 Å². The Labute approximate surface area is 105 Å². The molecule has 0 spiro atoms. The molecular weight excluding hydrogens is 298 g/mol. The number of carbonyl (C=O) groups excluding carboxylic acids is 1. The number of hydrogen-bond acceptors (Lipinski definition) is 4. The molecule has 0 saturated carbocycles. The van der Waals surface area contributed by atoms with E-state index in [2.05, 4.69) is 20.9 Å². The number of esters is 1. The molecule has 4 nitrogen and oxygen atoms in total. The molecule has 2 N–H and O–H groups in total. The van der Waals surface area contributed by atoms with E-state index in [9.17, 15) is 13.6 Å². The number of carbonyl (C=O) groups is 1. The topological polar surface area (TPSA) is 65.2 Å². The summed E-state index contributed by atoms with van der Waals surface area (Å²) in [5, 5.41) is 0. The van der Waals surface area contributed by atoms with Crippen LogP contribution >= 0.6 is 15.9 Å². The Morgan fingerprint density at radius 2 is 2.29 bits per heavy atom. The van der Waals surface area contributed by atoms with E-state index in [1.54, 1.807) is 6.92 Å². The monoisotopic (exact) mass is 308 g/mol. The Morgan fingerprint density at radius 1 is 1.65 bits per heavy atom. The minimum atomic E-state index is -2.73. The molecule has 0 saturated heterocycles. The summed E-state index contributed by atoms with van der Waals surface area (Å²) >= 11 is 3.03.